The molecular weight excluding hydrogens is 234 g/mol. The number of aliphatic hydroxyl groups is 1. The lowest BCUT2D eigenvalue weighted by Gasteiger charge is -2.47. The summed E-state index contributed by atoms with van der Waals surface area (Å²) in [4.78, 5) is 2.75. The van der Waals surface area contributed by atoms with E-state index in [1.807, 2.05) is 0 Å². The molecule has 1 N–H and O–H groups in total. The fourth-order valence-electron chi connectivity index (χ4n) is 3.88. The fourth-order valence-corrected chi connectivity index (χ4v) is 3.88. The van der Waals surface area contributed by atoms with Crippen LogP contribution in [-0.4, -0.2) is 34.7 Å². The van der Waals surface area contributed by atoms with Gasteiger partial charge in [-0.25, -0.2) is 0 Å². The molecule has 112 valence electrons. The van der Waals surface area contributed by atoms with Crippen molar-refractivity contribution in [2.45, 2.75) is 84.9 Å². The molecule has 2 nitrogen and oxygen atoms in total. The third-order valence-corrected chi connectivity index (χ3v) is 4.92. The first-order chi connectivity index (χ1) is 8.79. The van der Waals surface area contributed by atoms with Crippen LogP contribution in [-0.2, 0) is 0 Å². The Balaban J connectivity index is 2.14. The minimum Gasteiger partial charge on any atom is -0.393 e. The van der Waals surface area contributed by atoms with Gasteiger partial charge in [0.15, 0.2) is 0 Å². The SMILES string of the molecule is CC(C)CN(C1CC1)C1CC(O)CCC1C(C)(C)C. The molecule has 3 atom stereocenters. The number of nitrogens with zero attached hydrogens (tertiary/aromatic N) is 1. The highest BCUT2D eigenvalue weighted by Crippen LogP contribution is 2.43. The van der Waals surface area contributed by atoms with Crippen molar-refractivity contribution in [1.29, 1.82) is 0 Å². The van der Waals surface area contributed by atoms with Gasteiger partial charge in [-0.3, -0.25) is 4.90 Å². The molecule has 0 heterocycles. The van der Waals surface area contributed by atoms with E-state index in [0.717, 1.165) is 30.7 Å². The van der Waals surface area contributed by atoms with Gasteiger partial charge in [0.05, 0.1) is 6.10 Å². The van der Waals surface area contributed by atoms with Gasteiger partial charge in [0.1, 0.15) is 0 Å². The summed E-state index contributed by atoms with van der Waals surface area (Å²) in [7, 11) is 0. The second kappa shape index (κ2) is 5.73. The minimum absolute atomic E-state index is 0.0722. The number of rotatable bonds is 4. The summed E-state index contributed by atoms with van der Waals surface area (Å²) >= 11 is 0. The highest BCUT2D eigenvalue weighted by molar-refractivity contribution is 4.97. The monoisotopic (exact) mass is 267 g/mol. The third-order valence-electron chi connectivity index (χ3n) is 4.92. The molecule has 3 unspecified atom stereocenters. The lowest BCUT2D eigenvalue weighted by atomic mass is 9.68. The second-order valence-electron chi connectivity index (χ2n) is 8.33. The zero-order chi connectivity index (χ0) is 14.2. The van der Waals surface area contributed by atoms with Crippen LogP contribution >= 0.6 is 0 Å². The maximum absolute atomic E-state index is 10.1. The summed E-state index contributed by atoms with van der Waals surface area (Å²) in [5.41, 5.74) is 0.356. The van der Waals surface area contributed by atoms with Gasteiger partial charge in [-0.15, -0.1) is 0 Å². The van der Waals surface area contributed by atoms with Crippen molar-refractivity contribution >= 4 is 0 Å². The van der Waals surface area contributed by atoms with E-state index < -0.39 is 0 Å². The van der Waals surface area contributed by atoms with Crippen molar-refractivity contribution < 1.29 is 5.11 Å². The zero-order valence-electron chi connectivity index (χ0n) is 13.5. The van der Waals surface area contributed by atoms with Gasteiger partial charge < -0.3 is 5.11 Å². The molecule has 0 saturated heterocycles. The molecule has 0 aromatic carbocycles. The van der Waals surface area contributed by atoms with Crippen LogP contribution in [0, 0.1) is 17.3 Å². The lowest BCUT2D eigenvalue weighted by molar-refractivity contribution is -0.0190. The summed E-state index contributed by atoms with van der Waals surface area (Å²) in [5.74, 6) is 1.45. The smallest absolute Gasteiger partial charge is 0.0555 e. The van der Waals surface area contributed by atoms with E-state index in [-0.39, 0.29) is 6.10 Å². The summed E-state index contributed by atoms with van der Waals surface area (Å²) in [6.07, 6.45) is 5.85. The van der Waals surface area contributed by atoms with Crippen LogP contribution in [0.5, 0.6) is 0 Å². The summed E-state index contributed by atoms with van der Waals surface area (Å²) in [6, 6.07) is 1.40. The largest absolute Gasteiger partial charge is 0.393 e. The molecule has 0 radical (unpaired) electrons. The Hall–Kier alpha value is -0.0800. The molecular formula is C17H33NO. The molecule has 0 amide bonds. The van der Waals surface area contributed by atoms with Crippen LogP contribution in [0.2, 0.25) is 0 Å². The zero-order valence-corrected chi connectivity index (χ0v) is 13.5. The molecule has 2 aliphatic rings. The van der Waals surface area contributed by atoms with Crippen molar-refractivity contribution in [3.05, 3.63) is 0 Å². The van der Waals surface area contributed by atoms with Crippen LogP contribution < -0.4 is 0 Å². The molecule has 2 rings (SSSR count). The minimum atomic E-state index is -0.0722. The van der Waals surface area contributed by atoms with Crippen LogP contribution in [0.4, 0.5) is 0 Å². The van der Waals surface area contributed by atoms with Crippen LogP contribution in [0.25, 0.3) is 0 Å². The van der Waals surface area contributed by atoms with E-state index in [1.165, 1.54) is 25.8 Å². The van der Waals surface area contributed by atoms with Crippen molar-refractivity contribution in [3.8, 4) is 0 Å². The predicted molar refractivity (Wildman–Crippen MR) is 81.2 cm³/mol. The molecule has 2 aliphatic carbocycles. The van der Waals surface area contributed by atoms with E-state index in [4.69, 9.17) is 0 Å². The Morgan fingerprint density at radius 1 is 1.11 bits per heavy atom. The standard InChI is InChI=1S/C17H33NO/c1-12(2)11-18(13-6-7-13)16-10-14(19)8-9-15(16)17(3,4)5/h12-16,19H,6-11H2,1-5H3. The van der Waals surface area contributed by atoms with Crippen molar-refractivity contribution in [1.82, 2.24) is 4.90 Å². The number of aliphatic hydroxyl groups excluding tert-OH is 1. The summed E-state index contributed by atoms with van der Waals surface area (Å²) in [6.45, 7) is 13.0. The normalized spacial score (nSPS) is 33.2. The third kappa shape index (κ3) is 3.95. The topological polar surface area (TPSA) is 23.5 Å². The maximum atomic E-state index is 10.1. The highest BCUT2D eigenvalue weighted by atomic mass is 16.3. The van der Waals surface area contributed by atoms with Gasteiger partial charge in [0.25, 0.3) is 0 Å². The lowest BCUT2D eigenvalue weighted by Crippen LogP contribution is -2.51. The van der Waals surface area contributed by atoms with Crippen molar-refractivity contribution in [2.75, 3.05) is 6.54 Å². The van der Waals surface area contributed by atoms with E-state index in [1.54, 1.807) is 0 Å². The molecule has 0 aromatic rings. The average Bonchev–Trinajstić information content (AvgIpc) is 3.07. The highest BCUT2D eigenvalue weighted by Gasteiger charge is 2.44. The number of hydrogen-bond acceptors (Lipinski definition) is 2. The van der Waals surface area contributed by atoms with Crippen molar-refractivity contribution in [2.24, 2.45) is 17.3 Å². The molecule has 2 saturated carbocycles. The quantitative estimate of drug-likeness (QED) is 0.840. The predicted octanol–water partition coefficient (Wildman–Crippen LogP) is 3.68. The molecule has 0 bridgehead atoms. The van der Waals surface area contributed by atoms with E-state index in [0.29, 0.717) is 11.5 Å². The molecule has 0 aliphatic heterocycles. The molecule has 2 heteroatoms. The Morgan fingerprint density at radius 2 is 1.74 bits per heavy atom. The van der Waals surface area contributed by atoms with Gasteiger partial charge in [-0.05, 0) is 49.4 Å². The first kappa shape index (κ1) is 15.3. The first-order valence-corrected chi connectivity index (χ1v) is 8.23. The van der Waals surface area contributed by atoms with Crippen molar-refractivity contribution in [3.63, 3.8) is 0 Å². The second-order valence-corrected chi connectivity index (χ2v) is 8.33. The van der Waals surface area contributed by atoms with Crippen LogP contribution in [0.15, 0.2) is 0 Å². The molecule has 0 spiro atoms. The van der Waals surface area contributed by atoms with Gasteiger partial charge >= 0.3 is 0 Å². The van der Waals surface area contributed by atoms with Crippen LogP contribution in [0.1, 0.15) is 66.7 Å². The number of hydrogen-bond donors (Lipinski definition) is 1. The molecule has 19 heavy (non-hydrogen) atoms. The molecule has 0 aromatic heterocycles. The molecule has 2 fully saturated rings. The Morgan fingerprint density at radius 3 is 2.21 bits per heavy atom. The first-order valence-electron chi connectivity index (χ1n) is 8.23. The maximum Gasteiger partial charge on any atom is 0.0555 e. The van der Waals surface area contributed by atoms with Gasteiger partial charge in [0, 0.05) is 18.6 Å². The Kier molecular flexibility index (Phi) is 4.62. The Bertz CT molecular complexity index is 290. The van der Waals surface area contributed by atoms with Gasteiger partial charge in [0.2, 0.25) is 0 Å². The fraction of sp³-hybridized carbons (Fsp3) is 1.00. The van der Waals surface area contributed by atoms with Crippen LogP contribution in [0.3, 0.4) is 0 Å². The van der Waals surface area contributed by atoms with E-state index >= 15 is 0 Å². The van der Waals surface area contributed by atoms with E-state index in [2.05, 4.69) is 39.5 Å². The average molecular weight is 267 g/mol. The van der Waals surface area contributed by atoms with Gasteiger partial charge in [-0.1, -0.05) is 34.6 Å². The Labute approximate surface area is 119 Å². The van der Waals surface area contributed by atoms with Gasteiger partial charge in [-0.2, -0.15) is 0 Å². The van der Waals surface area contributed by atoms with E-state index in [9.17, 15) is 5.11 Å². The summed E-state index contributed by atoms with van der Waals surface area (Å²) < 4.78 is 0. The summed E-state index contributed by atoms with van der Waals surface area (Å²) in [5, 5.41) is 10.1.